The Hall–Kier alpha value is -3.12. The van der Waals surface area contributed by atoms with Gasteiger partial charge in [0.05, 0.1) is 0 Å². The molecule has 0 bridgehead atoms. The van der Waals surface area contributed by atoms with Gasteiger partial charge < -0.3 is 0 Å². The molecule has 0 fully saturated rings. The van der Waals surface area contributed by atoms with Crippen molar-refractivity contribution in [2.75, 3.05) is 0 Å². The van der Waals surface area contributed by atoms with E-state index in [0.717, 1.165) is 0 Å². The third-order valence-corrected chi connectivity index (χ3v) is 6.79. The monoisotopic (exact) mass is 402 g/mol. The number of rotatable bonds is 2. The van der Waals surface area contributed by atoms with Gasteiger partial charge in [0.2, 0.25) is 0 Å². The van der Waals surface area contributed by atoms with E-state index in [-0.39, 0.29) is 5.41 Å². The van der Waals surface area contributed by atoms with E-state index < -0.39 is 0 Å². The molecule has 0 unspecified atom stereocenters. The maximum atomic E-state index is 2.41. The molecule has 4 aromatic carbocycles. The molecule has 0 nitrogen and oxygen atoms in total. The van der Waals surface area contributed by atoms with Gasteiger partial charge in [0.25, 0.3) is 0 Å². The molecule has 0 atom stereocenters. The Morgan fingerprint density at radius 3 is 1.13 bits per heavy atom. The molecule has 0 saturated heterocycles. The van der Waals surface area contributed by atoms with E-state index in [4.69, 9.17) is 0 Å². The highest BCUT2D eigenvalue weighted by Crippen LogP contribution is 2.50. The molecular weight excluding hydrogens is 372 g/mol. The molecule has 31 heavy (non-hydrogen) atoms. The van der Waals surface area contributed by atoms with Crippen LogP contribution in [0.2, 0.25) is 0 Å². The van der Waals surface area contributed by atoms with E-state index in [9.17, 15) is 0 Å². The van der Waals surface area contributed by atoms with Crippen molar-refractivity contribution < 1.29 is 0 Å². The molecule has 1 aliphatic carbocycles. The summed E-state index contributed by atoms with van der Waals surface area (Å²) in [6.45, 7) is 13.4. The first-order valence-electron chi connectivity index (χ1n) is 11.2. The SMILES string of the molecule is Cc1cc(C)cc(-c2ccc3c(c2)-c2cc(-c4cc(C)cc(C)c4)ccc2C3(C)C)c1. The molecular formula is C31H30. The molecule has 0 heterocycles. The summed E-state index contributed by atoms with van der Waals surface area (Å²) >= 11 is 0. The van der Waals surface area contributed by atoms with E-state index in [1.54, 1.807) is 0 Å². The van der Waals surface area contributed by atoms with E-state index in [1.807, 2.05) is 0 Å². The Morgan fingerprint density at radius 2 is 0.774 bits per heavy atom. The van der Waals surface area contributed by atoms with Crippen LogP contribution in [0.3, 0.4) is 0 Å². The summed E-state index contributed by atoms with van der Waals surface area (Å²) in [5.41, 5.74) is 16.1. The third kappa shape index (κ3) is 3.31. The summed E-state index contributed by atoms with van der Waals surface area (Å²) in [7, 11) is 0. The van der Waals surface area contributed by atoms with Crippen molar-refractivity contribution >= 4 is 0 Å². The maximum absolute atomic E-state index is 2.41. The minimum Gasteiger partial charge on any atom is -0.0569 e. The zero-order valence-electron chi connectivity index (χ0n) is 19.4. The normalized spacial score (nSPS) is 13.7. The lowest BCUT2D eigenvalue weighted by Crippen LogP contribution is -2.14. The largest absolute Gasteiger partial charge is 0.0569 e. The van der Waals surface area contributed by atoms with Gasteiger partial charge in [-0.2, -0.15) is 0 Å². The highest BCUT2D eigenvalue weighted by atomic mass is 14.4. The van der Waals surface area contributed by atoms with Crippen molar-refractivity contribution in [3.05, 3.63) is 106 Å². The molecule has 0 spiro atoms. The lowest BCUT2D eigenvalue weighted by Gasteiger charge is -2.21. The van der Waals surface area contributed by atoms with Gasteiger partial charge >= 0.3 is 0 Å². The topological polar surface area (TPSA) is 0 Å². The first kappa shape index (κ1) is 19.8. The van der Waals surface area contributed by atoms with Gasteiger partial charge in [-0.3, -0.25) is 0 Å². The average molecular weight is 403 g/mol. The van der Waals surface area contributed by atoms with E-state index in [0.29, 0.717) is 0 Å². The van der Waals surface area contributed by atoms with Crippen molar-refractivity contribution in [2.45, 2.75) is 47.0 Å². The van der Waals surface area contributed by atoms with Crippen LogP contribution in [0.1, 0.15) is 47.2 Å². The number of hydrogen-bond acceptors (Lipinski definition) is 0. The van der Waals surface area contributed by atoms with Crippen molar-refractivity contribution in [3.8, 4) is 33.4 Å². The van der Waals surface area contributed by atoms with Crippen LogP contribution in [-0.2, 0) is 5.41 Å². The molecule has 0 saturated carbocycles. The second-order valence-electron chi connectivity index (χ2n) is 9.90. The summed E-state index contributed by atoms with van der Waals surface area (Å²) < 4.78 is 0. The molecule has 0 amide bonds. The van der Waals surface area contributed by atoms with Gasteiger partial charge in [0, 0.05) is 5.41 Å². The van der Waals surface area contributed by atoms with Crippen LogP contribution in [0.5, 0.6) is 0 Å². The smallest absolute Gasteiger partial charge is 0.0158 e. The first-order valence-corrected chi connectivity index (χ1v) is 11.2. The van der Waals surface area contributed by atoms with Gasteiger partial charge in [0.1, 0.15) is 0 Å². The van der Waals surface area contributed by atoms with Gasteiger partial charge in [-0.15, -0.1) is 0 Å². The van der Waals surface area contributed by atoms with Gasteiger partial charge in [-0.05, 0) is 84.3 Å². The van der Waals surface area contributed by atoms with Gasteiger partial charge in [0.15, 0.2) is 0 Å². The fraction of sp³-hybridized carbons (Fsp3) is 0.226. The van der Waals surface area contributed by atoms with Crippen LogP contribution in [0, 0.1) is 27.7 Å². The molecule has 154 valence electrons. The van der Waals surface area contributed by atoms with Gasteiger partial charge in [-0.25, -0.2) is 0 Å². The molecule has 0 radical (unpaired) electrons. The number of fused-ring (bicyclic) bond motifs is 3. The zero-order valence-corrected chi connectivity index (χ0v) is 19.4. The molecule has 0 aliphatic heterocycles. The van der Waals surface area contributed by atoms with Crippen LogP contribution in [-0.4, -0.2) is 0 Å². The Kier molecular flexibility index (Phi) is 4.45. The summed E-state index contributed by atoms with van der Waals surface area (Å²) in [6.07, 6.45) is 0. The second-order valence-corrected chi connectivity index (χ2v) is 9.90. The van der Waals surface area contributed by atoms with Crippen LogP contribution < -0.4 is 0 Å². The van der Waals surface area contributed by atoms with Crippen LogP contribution in [0.4, 0.5) is 0 Å². The predicted molar refractivity (Wildman–Crippen MR) is 134 cm³/mol. The Labute approximate surface area is 186 Å². The van der Waals surface area contributed by atoms with Crippen molar-refractivity contribution in [1.82, 2.24) is 0 Å². The summed E-state index contributed by atoms with van der Waals surface area (Å²) in [6, 6.07) is 27.8. The fourth-order valence-electron chi connectivity index (χ4n) is 5.41. The number of aryl methyl sites for hydroxylation is 4. The molecule has 4 aromatic rings. The lowest BCUT2D eigenvalue weighted by atomic mass is 9.82. The maximum Gasteiger partial charge on any atom is 0.0158 e. The Morgan fingerprint density at radius 1 is 0.419 bits per heavy atom. The molecule has 1 aliphatic rings. The molecule has 0 heteroatoms. The fourth-order valence-corrected chi connectivity index (χ4v) is 5.41. The highest BCUT2D eigenvalue weighted by Gasteiger charge is 2.35. The predicted octanol–water partition coefficient (Wildman–Crippen LogP) is 8.56. The highest BCUT2D eigenvalue weighted by molar-refractivity contribution is 5.87. The van der Waals surface area contributed by atoms with Crippen LogP contribution in [0.25, 0.3) is 33.4 Å². The van der Waals surface area contributed by atoms with Crippen molar-refractivity contribution in [3.63, 3.8) is 0 Å². The number of hydrogen-bond donors (Lipinski definition) is 0. The van der Waals surface area contributed by atoms with E-state index >= 15 is 0 Å². The van der Waals surface area contributed by atoms with E-state index in [1.165, 1.54) is 66.8 Å². The Bertz CT molecular complexity index is 1190. The summed E-state index contributed by atoms with van der Waals surface area (Å²) in [5.74, 6) is 0. The van der Waals surface area contributed by atoms with Crippen LogP contribution >= 0.6 is 0 Å². The van der Waals surface area contributed by atoms with Crippen molar-refractivity contribution in [2.24, 2.45) is 0 Å². The molecule has 5 rings (SSSR count). The van der Waals surface area contributed by atoms with Gasteiger partial charge in [-0.1, -0.05) is 96.8 Å². The van der Waals surface area contributed by atoms with Crippen LogP contribution in [0.15, 0.2) is 72.8 Å². The number of benzene rings is 4. The quantitative estimate of drug-likeness (QED) is 0.315. The zero-order chi connectivity index (χ0) is 21.9. The Balaban J connectivity index is 1.70. The minimum atomic E-state index is 0.0206. The lowest BCUT2D eigenvalue weighted by molar-refractivity contribution is 0.660. The second kappa shape index (κ2) is 6.95. The summed E-state index contributed by atoms with van der Waals surface area (Å²) in [4.78, 5) is 0. The average Bonchev–Trinajstić information content (AvgIpc) is 2.93. The van der Waals surface area contributed by atoms with E-state index in [2.05, 4.69) is 114 Å². The molecule has 0 aromatic heterocycles. The third-order valence-electron chi connectivity index (χ3n) is 6.79. The van der Waals surface area contributed by atoms with Crippen molar-refractivity contribution in [1.29, 1.82) is 0 Å². The summed E-state index contributed by atoms with van der Waals surface area (Å²) in [5, 5.41) is 0. The first-order chi connectivity index (χ1) is 14.7. The standard InChI is InChI=1S/C31H30/c1-19-11-20(2)14-25(13-19)23-7-9-29-27(17-23)28-18-24(8-10-30(28)31(29,5)6)26-15-21(3)12-22(4)16-26/h7-18H,1-6H3. The molecule has 0 N–H and O–H groups in total. The minimum absolute atomic E-state index is 0.0206.